The molecule has 0 unspecified atom stereocenters. The van der Waals surface area contributed by atoms with E-state index >= 15 is 0 Å². The van der Waals surface area contributed by atoms with Crippen LogP contribution in [-0.2, 0) is 0 Å². The summed E-state index contributed by atoms with van der Waals surface area (Å²) in [5, 5.41) is 20.1. The minimum atomic E-state index is -0.689. The maximum Gasteiger partial charge on any atom is 0.324 e. The maximum absolute atomic E-state index is 12.7. The predicted octanol–water partition coefficient (Wildman–Crippen LogP) is 5.64. The lowest BCUT2D eigenvalue weighted by Crippen LogP contribution is -2.32. The topological polar surface area (TPSA) is 154 Å². The van der Waals surface area contributed by atoms with E-state index in [1.807, 2.05) is 0 Å². The lowest BCUT2D eigenvalue weighted by atomic mass is 10.3. The third-order valence-corrected chi connectivity index (χ3v) is 6.83. The summed E-state index contributed by atoms with van der Waals surface area (Å²) < 4.78 is 7.21. The molecule has 1 fully saturated rings. The zero-order chi connectivity index (χ0) is 28.2. The van der Waals surface area contributed by atoms with E-state index < -0.39 is 11.6 Å². The molecule has 1 saturated heterocycles. The van der Waals surface area contributed by atoms with Crippen LogP contribution in [0.3, 0.4) is 0 Å². The van der Waals surface area contributed by atoms with E-state index in [0.717, 1.165) is 12.8 Å². The van der Waals surface area contributed by atoms with Gasteiger partial charge < -0.3 is 20.1 Å². The number of pyridine rings is 1. The molecule has 0 saturated carbocycles. The van der Waals surface area contributed by atoms with E-state index in [1.54, 1.807) is 29.2 Å². The van der Waals surface area contributed by atoms with Gasteiger partial charge in [-0.25, -0.2) is 19.3 Å². The van der Waals surface area contributed by atoms with Gasteiger partial charge >= 0.3 is 12.1 Å². The number of phenols is 1. The van der Waals surface area contributed by atoms with Gasteiger partial charge in [-0.05, 0) is 55.3 Å². The number of rotatable bonds is 6. The smallest absolute Gasteiger partial charge is 0.324 e. The van der Waals surface area contributed by atoms with E-state index in [-0.39, 0.29) is 39.1 Å². The summed E-state index contributed by atoms with van der Waals surface area (Å²) in [4.78, 5) is 42.9. The van der Waals surface area contributed by atoms with Gasteiger partial charge in [0.1, 0.15) is 33.9 Å². The maximum atomic E-state index is 12.7. The zero-order valence-electron chi connectivity index (χ0n) is 20.8. The highest BCUT2D eigenvalue weighted by Crippen LogP contribution is 2.39. The number of phenolic OH excluding ortho intramolecular Hbond substituents is 1. The summed E-state index contributed by atoms with van der Waals surface area (Å²) in [6.07, 6.45) is 3.44. The highest BCUT2D eigenvalue weighted by Gasteiger charge is 2.19. The number of halogens is 2. The third-order valence-electron chi connectivity index (χ3n) is 5.96. The van der Waals surface area contributed by atoms with Gasteiger partial charge in [0.25, 0.3) is 5.56 Å². The van der Waals surface area contributed by atoms with Crippen molar-refractivity contribution in [1.82, 2.24) is 19.7 Å². The first kappa shape index (κ1) is 26.9. The van der Waals surface area contributed by atoms with Crippen LogP contribution in [-0.4, -0.2) is 49.9 Å². The number of amides is 4. The molecule has 1 aliphatic heterocycles. The molecule has 2 aromatic carbocycles. The average Bonchev–Trinajstić information content (AvgIpc) is 3.59. The van der Waals surface area contributed by atoms with Crippen molar-refractivity contribution in [3.05, 3.63) is 81.2 Å². The van der Waals surface area contributed by atoms with Crippen LogP contribution >= 0.6 is 23.2 Å². The molecule has 5 N–H and O–H groups in total. The first-order chi connectivity index (χ1) is 19.3. The molecule has 14 heteroatoms. The monoisotopic (exact) mass is 583 g/mol. The van der Waals surface area contributed by atoms with Crippen molar-refractivity contribution in [2.24, 2.45) is 0 Å². The number of aromatic nitrogens is 3. The number of nitrogens with zero attached hydrogens (tertiary/aromatic N) is 3. The molecule has 0 aliphatic carbocycles. The Balaban J connectivity index is 1.26. The highest BCUT2D eigenvalue weighted by molar-refractivity contribution is 6.45. The van der Waals surface area contributed by atoms with E-state index in [1.165, 1.54) is 41.2 Å². The van der Waals surface area contributed by atoms with Crippen molar-refractivity contribution in [2.45, 2.75) is 12.8 Å². The number of urea groups is 2. The lowest BCUT2D eigenvalue weighted by Gasteiger charge is -2.16. The summed E-state index contributed by atoms with van der Waals surface area (Å²) in [5.74, 6) is 1.11. The highest BCUT2D eigenvalue weighted by atomic mass is 35.5. The largest absolute Gasteiger partial charge is 0.508 e. The average molecular weight is 584 g/mol. The van der Waals surface area contributed by atoms with Gasteiger partial charge in [0.05, 0.1) is 16.4 Å². The number of ether oxygens (including phenoxy) is 1. The molecule has 4 amide bonds. The molecule has 0 bridgehead atoms. The molecule has 0 atom stereocenters. The molecular weight excluding hydrogens is 561 g/mol. The van der Waals surface area contributed by atoms with Crippen molar-refractivity contribution in [3.63, 3.8) is 0 Å². The van der Waals surface area contributed by atoms with Crippen molar-refractivity contribution in [3.8, 4) is 22.9 Å². The van der Waals surface area contributed by atoms with Crippen LogP contribution in [0, 0.1) is 0 Å². The van der Waals surface area contributed by atoms with Crippen LogP contribution in [0.1, 0.15) is 12.8 Å². The van der Waals surface area contributed by atoms with Crippen molar-refractivity contribution < 1.29 is 19.4 Å². The van der Waals surface area contributed by atoms with Gasteiger partial charge in [-0.2, -0.15) is 0 Å². The Morgan fingerprint density at radius 2 is 1.70 bits per heavy atom. The van der Waals surface area contributed by atoms with Crippen LogP contribution in [0.2, 0.25) is 10.0 Å². The molecule has 12 nitrogen and oxygen atoms in total. The van der Waals surface area contributed by atoms with Gasteiger partial charge in [-0.3, -0.25) is 20.5 Å². The van der Waals surface area contributed by atoms with Crippen LogP contribution in [0.5, 0.6) is 17.2 Å². The van der Waals surface area contributed by atoms with E-state index in [9.17, 15) is 19.5 Å². The fourth-order valence-corrected chi connectivity index (χ4v) is 4.45. The van der Waals surface area contributed by atoms with Gasteiger partial charge in [0.2, 0.25) is 0 Å². The second-order valence-electron chi connectivity index (χ2n) is 8.78. The Labute approximate surface area is 237 Å². The van der Waals surface area contributed by atoms with Gasteiger partial charge in [-0.1, -0.05) is 23.2 Å². The number of anilines is 3. The molecular formula is C26H23Cl2N7O5. The third kappa shape index (κ3) is 6.14. The number of likely N-dealkylation sites (tertiary alicyclic amines) is 1. The van der Waals surface area contributed by atoms with E-state index in [4.69, 9.17) is 27.9 Å². The van der Waals surface area contributed by atoms with Crippen LogP contribution in [0.25, 0.3) is 5.69 Å². The number of hydrogen-bond acceptors (Lipinski definition) is 6. The number of benzene rings is 2. The number of hydrogen-bond donors (Lipinski definition) is 5. The second kappa shape index (κ2) is 11.6. The molecule has 206 valence electrons. The number of aromatic amines is 1. The zero-order valence-corrected chi connectivity index (χ0v) is 22.3. The SMILES string of the molecule is O=C(Nc1ccc(Oc2ccnc(NC(=O)N3CCCC3)c2)c(Cl)c1Cl)Nc1cc(=O)[nH]n1-c1ccc(O)cc1. The Morgan fingerprint density at radius 1 is 0.950 bits per heavy atom. The second-order valence-corrected chi connectivity index (χ2v) is 9.53. The first-order valence-corrected chi connectivity index (χ1v) is 12.9. The van der Waals surface area contributed by atoms with Gasteiger partial charge in [0.15, 0.2) is 0 Å². The summed E-state index contributed by atoms with van der Waals surface area (Å²) in [7, 11) is 0. The first-order valence-electron chi connectivity index (χ1n) is 12.1. The Morgan fingerprint density at radius 3 is 2.45 bits per heavy atom. The van der Waals surface area contributed by atoms with Crippen LogP contribution < -0.4 is 26.2 Å². The molecule has 1 aliphatic rings. The van der Waals surface area contributed by atoms with Gasteiger partial charge in [-0.15, -0.1) is 0 Å². The molecule has 5 rings (SSSR count). The quantitative estimate of drug-likeness (QED) is 0.198. The van der Waals surface area contributed by atoms with Gasteiger partial charge in [0, 0.05) is 31.4 Å². The number of carbonyl (C=O) groups is 2. The fraction of sp³-hybridized carbons (Fsp3) is 0.154. The lowest BCUT2D eigenvalue weighted by molar-refractivity contribution is 0.222. The summed E-state index contributed by atoms with van der Waals surface area (Å²) >= 11 is 12.8. The molecule has 4 aromatic rings. The summed E-state index contributed by atoms with van der Waals surface area (Å²) in [6, 6.07) is 12.5. The standard InChI is InChI=1S/C26H23Cl2N7O5/c27-23-18(30-25(38)32-21-14-22(37)33-35(21)15-3-5-16(36)6-4-15)7-8-19(24(23)28)40-17-9-10-29-20(13-17)31-26(39)34-11-1-2-12-34/h3-10,13-14,36H,1-2,11-12H2,(H,33,37)(H,29,31,39)(H2,30,32,38). The Hall–Kier alpha value is -4.68. The molecule has 0 radical (unpaired) electrons. The van der Waals surface area contributed by atoms with Crippen LogP contribution in [0.15, 0.2) is 65.6 Å². The minimum absolute atomic E-state index is 0.0240. The predicted molar refractivity (Wildman–Crippen MR) is 151 cm³/mol. The van der Waals surface area contributed by atoms with E-state index in [0.29, 0.717) is 30.3 Å². The minimum Gasteiger partial charge on any atom is -0.508 e. The molecule has 3 heterocycles. The number of carbonyl (C=O) groups excluding carboxylic acids is 2. The summed E-state index contributed by atoms with van der Waals surface area (Å²) in [6.45, 7) is 1.41. The normalized spacial score (nSPS) is 12.7. The molecule has 0 spiro atoms. The van der Waals surface area contributed by atoms with Crippen molar-refractivity contribution >= 4 is 52.6 Å². The summed E-state index contributed by atoms with van der Waals surface area (Å²) in [5.41, 5.74) is 0.257. The number of nitrogens with one attached hydrogen (secondary N) is 4. The van der Waals surface area contributed by atoms with Crippen LogP contribution in [0.4, 0.5) is 26.9 Å². The Kier molecular flexibility index (Phi) is 7.80. The Bertz CT molecular complexity index is 1610. The van der Waals surface area contributed by atoms with Crippen molar-refractivity contribution in [1.29, 1.82) is 0 Å². The van der Waals surface area contributed by atoms with E-state index in [2.05, 4.69) is 26.0 Å². The number of H-pyrrole nitrogens is 1. The van der Waals surface area contributed by atoms with Crippen molar-refractivity contribution in [2.75, 3.05) is 29.0 Å². The number of aromatic hydroxyl groups is 1. The molecule has 2 aromatic heterocycles. The fourth-order valence-electron chi connectivity index (χ4n) is 4.04. The molecule has 40 heavy (non-hydrogen) atoms.